The van der Waals surface area contributed by atoms with Gasteiger partial charge in [0, 0.05) is 6.54 Å². The molecule has 0 bridgehead atoms. The summed E-state index contributed by atoms with van der Waals surface area (Å²) in [5.41, 5.74) is -0.407. The Morgan fingerprint density at radius 1 is 1.19 bits per heavy atom. The van der Waals surface area contributed by atoms with Crippen molar-refractivity contribution in [1.82, 2.24) is 4.90 Å². The summed E-state index contributed by atoms with van der Waals surface area (Å²) in [6.45, 7) is 1.45. The molecule has 2 fully saturated rings. The third-order valence-corrected chi connectivity index (χ3v) is 3.85. The summed E-state index contributed by atoms with van der Waals surface area (Å²) in [7, 11) is 0. The van der Waals surface area contributed by atoms with E-state index in [0.29, 0.717) is 0 Å². The maximum absolute atomic E-state index is 12.0. The first-order valence-electron chi connectivity index (χ1n) is 5.89. The van der Waals surface area contributed by atoms with Gasteiger partial charge in [-0.25, -0.2) is 0 Å². The van der Waals surface area contributed by atoms with Crippen molar-refractivity contribution in [3.63, 3.8) is 0 Å². The Labute approximate surface area is 106 Å². The fourth-order valence-corrected chi connectivity index (χ4v) is 2.95. The second-order valence-electron chi connectivity index (χ2n) is 4.50. The maximum Gasteiger partial charge on any atom is 0.258 e. The second kappa shape index (κ2) is 5.11. The summed E-state index contributed by atoms with van der Waals surface area (Å²) >= 11 is 11.4. The zero-order valence-corrected chi connectivity index (χ0v) is 10.8. The predicted octanol–water partition coefficient (Wildman–Crippen LogP) is 2.70. The molecule has 92 valence electrons. The van der Waals surface area contributed by atoms with Gasteiger partial charge in [0.1, 0.15) is 5.72 Å². The highest BCUT2D eigenvalue weighted by Gasteiger charge is 2.44. The molecule has 0 atom stereocenters. The molecular weight excluding hydrogens is 249 g/mol. The van der Waals surface area contributed by atoms with Crippen molar-refractivity contribution in [2.75, 3.05) is 13.2 Å². The highest BCUT2D eigenvalue weighted by atomic mass is 35.5. The van der Waals surface area contributed by atoms with Gasteiger partial charge in [-0.15, -0.1) is 0 Å². The Kier molecular flexibility index (Phi) is 3.98. The van der Waals surface area contributed by atoms with Gasteiger partial charge >= 0.3 is 0 Å². The topological polar surface area (TPSA) is 29.5 Å². The van der Waals surface area contributed by atoms with Gasteiger partial charge in [0.05, 0.1) is 6.61 Å². The van der Waals surface area contributed by atoms with Crippen LogP contribution in [0.3, 0.4) is 0 Å². The van der Waals surface area contributed by atoms with E-state index in [2.05, 4.69) is 0 Å². The number of carbonyl (C=O) groups is 1. The zero-order valence-electron chi connectivity index (χ0n) is 9.25. The Morgan fingerprint density at radius 2 is 1.88 bits per heavy atom. The maximum atomic E-state index is 12.0. The van der Waals surface area contributed by atoms with Crippen LogP contribution in [0.5, 0.6) is 0 Å². The fraction of sp³-hybridized carbons (Fsp3) is 0.909. The Morgan fingerprint density at radius 3 is 2.50 bits per heavy atom. The molecule has 1 heterocycles. The Bertz CT molecular complexity index is 256. The minimum absolute atomic E-state index is 0.204. The molecule has 2 aliphatic rings. The van der Waals surface area contributed by atoms with Crippen LogP contribution in [0, 0.1) is 0 Å². The van der Waals surface area contributed by atoms with Crippen molar-refractivity contribution in [2.24, 2.45) is 0 Å². The molecule has 1 saturated heterocycles. The van der Waals surface area contributed by atoms with Crippen molar-refractivity contribution >= 4 is 29.1 Å². The minimum atomic E-state index is -0.972. The number of rotatable bonds is 1. The monoisotopic (exact) mass is 265 g/mol. The van der Waals surface area contributed by atoms with Crippen LogP contribution >= 0.6 is 23.2 Å². The van der Waals surface area contributed by atoms with Gasteiger partial charge in [0.15, 0.2) is 4.84 Å². The smallest absolute Gasteiger partial charge is 0.258 e. The molecule has 0 radical (unpaired) electrons. The number of hydrogen-bond acceptors (Lipinski definition) is 2. The van der Waals surface area contributed by atoms with Crippen molar-refractivity contribution in [2.45, 2.75) is 49.1 Å². The van der Waals surface area contributed by atoms with Crippen LogP contribution in [0.25, 0.3) is 0 Å². The number of nitrogens with zero attached hydrogens (tertiary/aromatic N) is 1. The van der Waals surface area contributed by atoms with E-state index in [4.69, 9.17) is 27.9 Å². The van der Waals surface area contributed by atoms with E-state index < -0.39 is 10.6 Å². The standard InChI is InChI=1S/C11H17Cl2NO2/c12-9(13)10(15)14-7-4-8-16-11(14)5-2-1-3-6-11/h9H,1-8H2. The summed E-state index contributed by atoms with van der Waals surface area (Å²) in [6, 6.07) is 0. The van der Waals surface area contributed by atoms with Crippen LogP contribution in [0.4, 0.5) is 0 Å². The Balaban J connectivity index is 2.15. The lowest BCUT2D eigenvalue weighted by atomic mass is 9.89. The molecule has 1 saturated carbocycles. The van der Waals surface area contributed by atoms with Crippen LogP contribution in [-0.4, -0.2) is 34.5 Å². The predicted molar refractivity (Wildman–Crippen MR) is 63.6 cm³/mol. The molecule has 1 aliphatic carbocycles. The molecule has 3 nitrogen and oxygen atoms in total. The molecule has 2 rings (SSSR count). The molecule has 16 heavy (non-hydrogen) atoms. The van der Waals surface area contributed by atoms with E-state index >= 15 is 0 Å². The molecule has 0 aromatic heterocycles. The van der Waals surface area contributed by atoms with E-state index in [-0.39, 0.29) is 5.91 Å². The van der Waals surface area contributed by atoms with Gasteiger partial charge in [-0.05, 0) is 32.1 Å². The quantitative estimate of drug-likeness (QED) is 0.683. The van der Waals surface area contributed by atoms with Crippen molar-refractivity contribution in [1.29, 1.82) is 0 Å². The van der Waals surface area contributed by atoms with Gasteiger partial charge in [-0.2, -0.15) is 0 Å². The van der Waals surface area contributed by atoms with Gasteiger partial charge in [0.25, 0.3) is 5.91 Å². The number of ether oxygens (including phenoxy) is 1. The third kappa shape index (κ3) is 2.31. The van der Waals surface area contributed by atoms with Crippen molar-refractivity contribution in [3.8, 4) is 0 Å². The molecule has 0 N–H and O–H groups in total. The van der Waals surface area contributed by atoms with Gasteiger partial charge in [-0.1, -0.05) is 29.6 Å². The summed E-state index contributed by atoms with van der Waals surface area (Å²) in [5, 5.41) is 0. The van der Waals surface area contributed by atoms with E-state index in [1.54, 1.807) is 4.90 Å². The lowest BCUT2D eigenvalue weighted by Gasteiger charge is -2.49. The summed E-state index contributed by atoms with van der Waals surface area (Å²) < 4.78 is 5.88. The number of halogens is 2. The minimum Gasteiger partial charge on any atom is -0.356 e. The molecule has 1 aliphatic heterocycles. The van der Waals surface area contributed by atoms with Crippen LogP contribution in [0.2, 0.25) is 0 Å². The average molecular weight is 266 g/mol. The van der Waals surface area contributed by atoms with E-state index in [1.165, 1.54) is 6.42 Å². The first-order valence-corrected chi connectivity index (χ1v) is 6.77. The first-order chi connectivity index (χ1) is 7.66. The molecule has 0 aromatic rings. The van der Waals surface area contributed by atoms with Crippen LogP contribution in [-0.2, 0) is 9.53 Å². The molecule has 0 unspecified atom stereocenters. The SMILES string of the molecule is O=C(C(Cl)Cl)N1CCCOC12CCCCC2. The highest BCUT2D eigenvalue weighted by molar-refractivity contribution is 6.53. The number of alkyl halides is 2. The number of hydrogen-bond donors (Lipinski definition) is 0. The van der Waals surface area contributed by atoms with E-state index in [9.17, 15) is 4.79 Å². The van der Waals surface area contributed by atoms with Crippen LogP contribution in [0.15, 0.2) is 0 Å². The molecule has 1 amide bonds. The molecule has 0 aromatic carbocycles. The van der Waals surface area contributed by atoms with Gasteiger partial charge in [0.2, 0.25) is 0 Å². The van der Waals surface area contributed by atoms with Crippen LogP contribution in [0.1, 0.15) is 38.5 Å². The Hall–Kier alpha value is 0.01000. The molecular formula is C11H17Cl2NO2. The average Bonchev–Trinajstić information content (AvgIpc) is 2.30. The summed E-state index contributed by atoms with van der Waals surface area (Å²) in [6.07, 6.45) is 6.14. The highest BCUT2D eigenvalue weighted by Crippen LogP contribution is 2.38. The van der Waals surface area contributed by atoms with Crippen molar-refractivity contribution in [3.05, 3.63) is 0 Å². The van der Waals surface area contributed by atoms with Crippen LogP contribution < -0.4 is 0 Å². The molecule has 1 spiro atoms. The number of amides is 1. The second-order valence-corrected chi connectivity index (χ2v) is 5.60. The van der Waals surface area contributed by atoms with Gasteiger partial charge < -0.3 is 9.64 Å². The largest absolute Gasteiger partial charge is 0.356 e. The lowest BCUT2D eigenvalue weighted by molar-refractivity contribution is -0.205. The van der Waals surface area contributed by atoms with Gasteiger partial charge in [-0.3, -0.25) is 4.79 Å². The van der Waals surface area contributed by atoms with E-state index in [1.807, 2.05) is 0 Å². The number of carbonyl (C=O) groups excluding carboxylic acids is 1. The van der Waals surface area contributed by atoms with Crippen molar-refractivity contribution < 1.29 is 9.53 Å². The third-order valence-electron chi connectivity index (χ3n) is 3.48. The summed E-state index contributed by atoms with van der Waals surface area (Å²) in [5.74, 6) is -0.204. The summed E-state index contributed by atoms with van der Waals surface area (Å²) in [4.78, 5) is 12.7. The first kappa shape index (κ1) is 12.5. The normalized spacial score (nSPS) is 25.1. The zero-order chi connectivity index (χ0) is 11.6. The fourth-order valence-electron chi connectivity index (χ4n) is 2.71. The lowest BCUT2D eigenvalue weighted by Crippen LogP contribution is -2.59. The molecule has 5 heteroatoms. The van der Waals surface area contributed by atoms with E-state index in [0.717, 1.165) is 45.3 Å².